The van der Waals surface area contributed by atoms with Crippen LogP contribution in [0.2, 0.25) is 0 Å². The zero-order valence-electron chi connectivity index (χ0n) is 8.90. The number of ether oxygens (including phenoxy) is 2. The first-order chi connectivity index (χ1) is 7.29. The maximum Gasteiger partial charge on any atom is 0.341 e. The standard InChI is InChI=1S/C12H14O3/c1-3-4-9-15-11-8-6-5-7-10(11)12(13)14-2/h3-8H,9H2,1-2H3/b4-3+. The first kappa shape index (κ1) is 11.3. The molecule has 0 saturated heterocycles. The minimum absolute atomic E-state index is 0.383. The van der Waals surface area contributed by atoms with E-state index in [1.807, 2.05) is 25.1 Å². The lowest BCUT2D eigenvalue weighted by atomic mass is 10.2. The predicted molar refractivity (Wildman–Crippen MR) is 58.1 cm³/mol. The average molecular weight is 206 g/mol. The third-order valence-electron chi connectivity index (χ3n) is 1.86. The molecule has 0 bridgehead atoms. The number of hydrogen-bond donors (Lipinski definition) is 0. The molecule has 1 aromatic carbocycles. The molecule has 80 valence electrons. The van der Waals surface area contributed by atoms with Crippen molar-refractivity contribution >= 4 is 5.97 Å². The number of allylic oxidation sites excluding steroid dienone is 1. The number of rotatable bonds is 4. The van der Waals surface area contributed by atoms with Crippen LogP contribution in [-0.4, -0.2) is 19.7 Å². The van der Waals surface area contributed by atoms with Crippen molar-refractivity contribution in [1.82, 2.24) is 0 Å². The van der Waals surface area contributed by atoms with Crippen molar-refractivity contribution in [2.75, 3.05) is 13.7 Å². The lowest BCUT2D eigenvalue weighted by Gasteiger charge is -2.07. The maximum atomic E-state index is 11.3. The summed E-state index contributed by atoms with van der Waals surface area (Å²) in [6.45, 7) is 2.36. The van der Waals surface area contributed by atoms with Gasteiger partial charge < -0.3 is 9.47 Å². The quantitative estimate of drug-likeness (QED) is 0.560. The molecule has 0 saturated carbocycles. The van der Waals surface area contributed by atoms with Crippen molar-refractivity contribution in [3.63, 3.8) is 0 Å². The molecular formula is C12H14O3. The fraction of sp³-hybridized carbons (Fsp3) is 0.250. The molecule has 15 heavy (non-hydrogen) atoms. The van der Waals surface area contributed by atoms with Crippen LogP contribution in [0.1, 0.15) is 17.3 Å². The average Bonchev–Trinajstić information content (AvgIpc) is 2.29. The molecule has 0 heterocycles. The van der Waals surface area contributed by atoms with Gasteiger partial charge in [0.25, 0.3) is 0 Å². The minimum Gasteiger partial charge on any atom is -0.489 e. The summed E-state index contributed by atoms with van der Waals surface area (Å²) in [7, 11) is 1.35. The summed E-state index contributed by atoms with van der Waals surface area (Å²) in [6.07, 6.45) is 3.76. The van der Waals surface area contributed by atoms with E-state index in [0.29, 0.717) is 17.9 Å². The van der Waals surface area contributed by atoms with Crippen molar-refractivity contribution < 1.29 is 14.3 Å². The molecule has 0 unspecified atom stereocenters. The summed E-state index contributed by atoms with van der Waals surface area (Å²) in [5.41, 5.74) is 0.449. The molecule has 0 N–H and O–H groups in total. The predicted octanol–water partition coefficient (Wildman–Crippen LogP) is 2.43. The Kier molecular flexibility index (Phi) is 4.41. The highest BCUT2D eigenvalue weighted by atomic mass is 16.5. The lowest BCUT2D eigenvalue weighted by molar-refractivity contribution is 0.0596. The van der Waals surface area contributed by atoms with Crippen LogP contribution in [0.4, 0.5) is 0 Å². The Labute approximate surface area is 89.3 Å². The molecule has 3 nitrogen and oxygen atoms in total. The van der Waals surface area contributed by atoms with Crippen LogP contribution in [0.15, 0.2) is 36.4 Å². The van der Waals surface area contributed by atoms with E-state index in [-0.39, 0.29) is 5.97 Å². The second kappa shape index (κ2) is 5.86. The van der Waals surface area contributed by atoms with Gasteiger partial charge in [-0.05, 0) is 19.1 Å². The van der Waals surface area contributed by atoms with E-state index >= 15 is 0 Å². The van der Waals surface area contributed by atoms with Crippen LogP contribution in [0, 0.1) is 0 Å². The topological polar surface area (TPSA) is 35.5 Å². The zero-order valence-corrected chi connectivity index (χ0v) is 8.90. The number of hydrogen-bond acceptors (Lipinski definition) is 3. The van der Waals surface area contributed by atoms with Gasteiger partial charge in [-0.25, -0.2) is 4.79 Å². The van der Waals surface area contributed by atoms with Gasteiger partial charge in [-0.2, -0.15) is 0 Å². The van der Waals surface area contributed by atoms with Crippen molar-refractivity contribution in [3.8, 4) is 5.75 Å². The number of para-hydroxylation sites is 1. The Morgan fingerprint density at radius 2 is 2.13 bits per heavy atom. The monoisotopic (exact) mass is 206 g/mol. The minimum atomic E-state index is -0.383. The van der Waals surface area contributed by atoms with Gasteiger partial charge in [-0.1, -0.05) is 24.3 Å². The van der Waals surface area contributed by atoms with E-state index in [4.69, 9.17) is 4.74 Å². The summed E-state index contributed by atoms with van der Waals surface area (Å²) < 4.78 is 10.1. The lowest BCUT2D eigenvalue weighted by Crippen LogP contribution is -2.05. The SMILES string of the molecule is C/C=C/COc1ccccc1C(=O)OC. The van der Waals surface area contributed by atoms with E-state index in [1.165, 1.54) is 7.11 Å². The summed E-state index contributed by atoms with van der Waals surface area (Å²) in [5.74, 6) is 0.161. The van der Waals surface area contributed by atoms with Crippen LogP contribution in [0.3, 0.4) is 0 Å². The zero-order chi connectivity index (χ0) is 11.1. The van der Waals surface area contributed by atoms with Gasteiger partial charge >= 0.3 is 5.97 Å². The molecule has 0 aliphatic rings. The van der Waals surface area contributed by atoms with E-state index in [2.05, 4.69) is 4.74 Å². The highest BCUT2D eigenvalue weighted by molar-refractivity contribution is 5.92. The van der Waals surface area contributed by atoms with Gasteiger partial charge in [0.1, 0.15) is 17.9 Å². The molecule has 0 radical (unpaired) electrons. The molecule has 0 fully saturated rings. The van der Waals surface area contributed by atoms with Gasteiger partial charge in [0.05, 0.1) is 7.11 Å². The Morgan fingerprint density at radius 1 is 1.40 bits per heavy atom. The first-order valence-electron chi connectivity index (χ1n) is 4.71. The number of methoxy groups -OCH3 is 1. The number of esters is 1. The van der Waals surface area contributed by atoms with Gasteiger partial charge in [-0.15, -0.1) is 0 Å². The normalized spacial score (nSPS) is 10.3. The fourth-order valence-electron chi connectivity index (χ4n) is 1.11. The highest BCUT2D eigenvalue weighted by Gasteiger charge is 2.11. The van der Waals surface area contributed by atoms with Gasteiger partial charge in [-0.3, -0.25) is 0 Å². The Morgan fingerprint density at radius 3 is 2.80 bits per heavy atom. The molecule has 1 rings (SSSR count). The number of benzene rings is 1. The first-order valence-corrected chi connectivity index (χ1v) is 4.71. The molecule has 0 atom stereocenters. The fourth-order valence-corrected chi connectivity index (χ4v) is 1.11. The van der Waals surface area contributed by atoms with E-state index in [0.717, 1.165) is 0 Å². The summed E-state index contributed by atoms with van der Waals surface area (Å²) >= 11 is 0. The maximum absolute atomic E-state index is 11.3. The molecule has 3 heteroatoms. The molecule has 0 aliphatic heterocycles. The summed E-state index contributed by atoms with van der Waals surface area (Å²) in [4.78, 5) is 11.3. The Bertz CT molecular complexity index is 356. The van der Waals surface area contributed by atoms with Gasteiger partial charge in [0.2, 0.25) is 0 Å². The van der Waals surface area contributed by atoms with Gasteiger partial charge in [0.15, 0.2) is 0 Å². The van der Waals surface area contributed by atoms with E-state index < -0.39 is 0 Å². The Hall–Kier alpha value is -1.77. The van der Waals surface area contributed by atoms with E-state index in [9.17, 15) is 4.79 Å². The smallest absolute Gasteiger partial charge is 0.341 e. The second-order valence-electron chi connectivity index (χ2n) is 2.87. The molecule has 1 aromatic rings. The van der Waals surface area contributed by atoms with Crippen LogP contribution in [-0.2, 0) is 4.74 Å². The molecule has 0 spiro atoms. The Balaban J connectivity index is 2.81. The third kappa shape index (κ3) is 3.13. The number of carbonyl (C=O) groups excluding carboxylic acids is 1. The van der Waals surface area contributed by atoms with Crippen molar-refractivity contribution in [1.29, 1.82) is 0 Å². The molecule has 0 aromatic heterocycles. The highest BCUT2D eigenvalue weighted by Crippen LogP contribution is 2.18. The van der Waals surface area contributed by atoms with Crippen LogP contribution in [0.5, 0.6) is 5.75 Å². The van der Waals surface area contributed by atoms with Crippen molar-refractivity contribution in [2.24, 2.45) is 0 Å². The third-order valence-corrected chi connectivity index (χ3v) is 1.86. The van der Waals surface area contributed by atoms with E-state index in [1.54, 1.807) is 18.2 Å². The van der Waals surface area contributed by atoms with Gasteiger partial charge in [0, 0.05) is 0 Å². The number of carbonyl (C=O) groups is 1. The summed E-state index contributed by atoms with van der Waals surface area (Å²) in [6, 6.07) is 7.01. The molecular weight excluding hydrogens is 192 g/mol. The van der Waals surface area contributed by atoms with Crippen LogP contribution in [0.25, 0.3) is 0 Å². The molecule has 0 amide bonds. The van der Waals surface area contributed by atoms with Crippen molar-refractivity contribution in [3.05, 3.63) is 42.0 Å². The molecule has 0 aliphatic carbocycles. The summed E-state index contributed by atoms with van der Waals surface area (Å²) in [5, 5.41) is 0. The second-order valence-corrected chi connectivity index (χ2v) is 2.87. The van der Waals surface area contributed by atoms with Crippen LogP contribution >= 0.6 is 0 Å². The van der Waals surface area contributed by atoms with Crippen LogP contribution < -0.4 is 4.74 Å². The van der Waals surface area contributed by atoms with Crippen molar-refractivity contribution in [2.45, 2.75) is 6.92 Å². The largest absolute Gasteiger partial charge is 0.489 e.